The minimum absolute atomic E-state index is 1.00. The van der Waals surface area contributed by atoms with Crippen LogP contribution in [0.1, 0.15) is 44.9 Å². The van der Waals surface area contributed by atoms with Gasteiger partial charge in [-0.25, -0.2) is 0 Å². The van der Waals surface area contributed by atoms with E-state index in [1.54, 1.807) is 5.57 Å². The first kappa shape index (κ1) is 13.7. The van der Waals surface area contributed by atoms with E-state index in [9.17, 15) is 0 Å². The lowest BCUT2D eigenvalue weighted by atomic mass is 9.78. The molecular weight excluding hydrogens is 176 g/mol. The summed E-state index contributed by atoms with van der Waals surface area (Å²) in [5.41, 5.74) is 1.80. The van der Waals surface area contributed by atoms with Crippen LogP contribution in [0, 0.1) is 5.92 Å². The van der Waals surface area contributed by atoms with Gasteiger partial charge in [-0.15, -0.1) is 0 Å². The lowest BCUT2D eigenvalue weighted by Crippen LogP contribution is -2.12. The Morgan fingerprint density at radius 1 is 1.00 bits per heavy atom. The van der Waals surface area contributed by atoms with Crippen molar-refractivity contribution in [1.82, 2.24) is 0 Å². The van der Waals surface area contributed by atoms with E-state index in [4.69, 9.17) is 10.2 Å². The predicted molar refractivity (Wildman–Crippen MR) is 60.2 cm³/mol. The van der Waals surface area contributed by atoms with Crippen LogP contribution in [0.2, 0.25) is 0 Å². The van der Waals surface area contributed by atoms with Crippen molar-refractivity contribution in [2.24, 2.45) is 5.92 Å². The summed E-state index contributed by atoms with van der Waals surface area (Å²) in [6.07, 6.45) is 12.7. The van der Waals surface area contributed by atoms with Gasteiger partial charge in [-0.1, -0.05) is 18.1 Å². The molecule has 0 aromatic rings. The Balaban J connectivity index is 0.000000379. The number of hydrogen-bond acceptors (Lipinski definition) is 2. The Morgan fingerprint density at radius 2 is 1.64 bits per heavy atom. The summed E-state index contributed by atoms with van der Waals surface area (Å²) in [7, 11) is 2.00. The molecule has 1 unspecified atom stereocenters. The summed E-state index contributed by atoms with van der Waals surface area (Å²) in [6.45, 7) is 0. The molecule has 2 aliphatic carbocycles. The van der Waals surface area contributed by atoms with E-state index in [0.29, 0.717) is 0 Å². The summed E-state index contributed by atoms with van der Waals surface area (Å²) in [4.78, 5) is 0. The average molecular weight is 200 g/mol. The van der Waals surface area contributed by atoms with E-state index in [-0.39, 0.29) is 0 Å². The third kappa shape index (κ3) is 4.25. The minimum atomic E-state index is 1.00. The van der Waals surface area contributed by atoms with Crippen molar-refractivity contribution in [3.63, 3.8) is 0 Å². The Kier molecular flexibility index (Phi) is 9.00. The zero-order chi connectivity index (χ0) is 10.8. The fourth-order valence-corrected chi connectivity index (χ4v) is 2.36. The predicted octanol–water partition coefficient (Wildman–Crippen LogP) is 2.50. The highest BCUT2D eigenvalue weighted by Crippen LogP contribution is 2.36. The van der Waals surface area contributed by atoms with E-state index in [1.807, 2.05) is 0 Å². The maximum absolute atomic E-state index is 7.00. The molecule has 84 valence electrons. The zero-order valence-electron chi connectivity index (χ0n) is 9.50. The molecule has 2 rings (SSSR count). The van der Waals surface area contributed by atoms with Gasteiger partial charge in [-0.05, 0) is 44.4 Å². The normalized spacial score (nSPS) is 24.3. The highest BCUT2D eigenvalue weighted by molar-refractivity contribution is 5.11. The van der Waals surface area contributed by atoms with Crippen molar-refractivity contribution in [1.29, 1.82) is 0 Å². The summed E-state index contributed by atoms with van der Waals surface area (Å²) >= 11 is 0. The Morgan fingerprint density at radius 3 is 2.29 bits per heavy atom. The van der Waals surface area contributed by atoms with Crippen molar-refractivity contribution in [2.45, 2.75) is 44.9 Å². The van der Waals surface area contributed by atoms with Crippen LogP contribution in [0.25, 0.3) is 0 Å². The molecule has 0 bridgehead atoms. The number of hydrogen-bond donors (Lipinski definition) is 2. The van der Waals surface area contributed by atoms with Gasteiger partial charge in [-0.2, -0.15) is 0 Å². The molecule has 0 aromatic heterocycles. The second-order valence-electron chi connectivity index (χ2n) is 3.65. The van der Waals surface area contributed by atoms with Gasteiger partial charge in [0.05, 0.1) is 0 Å². The maximum atomic E-state index is 7.00. The molecule has 0 aromatic carbocycles. The molecule has 0 aliphatic heterocycles. The zero-order valence-corrected chi connectivity index (χ0v) is 9.50. The Labute approximate surface area is 87.7 Å². The van der Waals surface area contributed by atoms with Crippen LogP contribution in [-0.4, -0.2) is 24.4 Å². The molecule has 2 nitrogen and oxygen atoms in total. The van der Waals surface area contributed by atoms with Gasteiger partial charge in [0, 0.05) is 14.2 Å². The largest absolute Gasteiger partial charge is 0.400 e. The van der Waals surface area contributed by atoms with Crippen molar-refractivity contribution in [3.05, 3.63) is 11.6 Å². The van der Waals surface area contributed by atoms with Crippen LogP contribution in [0.3, 0.4) is 0 Å². The molecule has 14 heavy (non-hydrogen) atoms. The van der Waals surface area contributed by atoms with Gasteiger partial charge in [0.1, 0.15) is 0 Å². The number of fused-ring (bicyclic) bond motifs is 1. The highest BCUT2D eigenvalue weighted by atomic mass is 16.2. The van der Waals surface area contributed by atoms with Gasteiger partial charge in [0.15, 0.2) is 0 Å². The van der Waals surface area contributed by atoms with Gasteiger partial charge < -0.3 is 10.2 Å². The molecule has 1 fully saturated rings. The van der Waals surface area contributed by atoms with Crippen LogP contribution in [0.4, 0.5) is 0 Å². The van der Waals surface area contributed by atoms with Crippen LogP contribution in [0.5, 0.6) is 0 Å². The summed E-state index contributed by atoms with van der Waals surface area (Å²) < 4.78 is 0. The number of allylic oxidation sites excluding steroid dienone is 2. The lowest BCUT2D eigenvalue weighted by Gasteiger charge is -2.28. The first-order valence-corrected chi connectivity index (χ1v) is 5.55. The molecule has 0 spiro atoms. The summed E-state index contributed by atoms with van der Waals surface area (Å²) in [5.74, 6) is 1.02. The van der Waals surface area contributed by atoms with Gasteiger partial charge in [0.25, 0.3) is 0 Å². The van der Waals surface area contributed by atoms with Gasteiger partial charge in [-0.3, -0.25) is 0 Å². The second kappa shape index (κ2) is 9.22. The van der Waals surface area contributed by atoms with Crippen LogP contribution >= 0.6 is 0 Å². The minimum Gasteiger partial charge on any atom is -0.400 e. The Hall–Kier alpha value is -0.340. The summed E-state index contributed by atoms with van der Waals surface area (Å²) in [6, 6.07) is 0. The van der Waals surface area contributed by atoms with Crippen LogP contribution < -0.4 is 0 Å². The number of rotatable bonds is 0. The standard InChI is InChI=1S/C10H16.2CH4O/c1-2-6-10-8-4-3-7-9(10)5-1;2*1-2/h5,10H,1-4,6-8H2;2*2H,1H3. The SMILES string of the molecule is C1=C2CCCCC2CCC1.CO.CO. The van der Waals surface area contributed by atoms with Crippen molar-refractivity contribution in [2.75, 3.05) is 14.2 Å². The molecule has 0 amide bonds. The summed E-state index contributed by atoms with van der Waals surface area (Å²) in [5, 5.41) is 14.0. The molecule has 0 radical (unpaired) electrons. The smallest absolute Gasteiger partial charge is 0.0319 e. The van der Waals surface area contributed by atoms with Gasteiger partial charge >= 0.3 is 0 Å². The van der Waals surface area contributed by atoms with Crippen molar-refractivity contribution >= 4 is 0 Å². The Bertz CT molecular complexity index is 152. The molecule has 1 saturated carbocycles. The number of aliphatic hydroxyl groups is 2. The van der Waals surface area contributed by atoms with Crippen molar-refractivity contribution < 1.29 is 10.2 Å². The lowest BCUT2D eigenvalue weighted by molar-refractivity contribution is 0.399. The quantitative estimate of drug-likeness (QED) is 0.590. The first-order chi connectivity index (χ1) is 6.97. The first-order valence-electron chi connectivity index (χ1n) is 5.55. The van der Waals surface area contributed by atoms with E-state index >= 15 is 0 Å². The monoisotopic (exact) mass is 200 g/mol. The van der Waals surface area contributed by atoms with E-state index < -0.39 is 0 Å². The molecule has 2 aliphatic rings. The van der Waals surface area contributed by atoms with E-state index in [2.05, 4.69) is 6.08 Å². The fourth-order valence-electron chi connectivity index (χ4n) is 2.36. The van der Waals surface area contributed by atoms with Crippen LogP contribution in [0.15, 0.2) is 11.6 Å². The fraction of sp³-hybridized carbons (Fsp3) is 0.833. The second-order valence-corrected chi connectivity index (χ2v) is 3.65. The number of aliphatic hydroxyl groups excluding tert-OH is 2. The van der Waals surface area contributed by atoms with Crippen LogP contribution in [-0.2, 0) is 0 Å². The average Bonchev–Trinajstić information content (AvgIpc) is 2.34. The van der Waals surface area contributed by atoms with E-state index in [1.165, 1.54) is 44.9 Å². The third-order valence-corrected chi connectivity index (χ3v) is 2.96. The topological polar surface area (TPSA) is 40.5 Å². The molecular formula is C12H24O2. The third-order valence-electron chi connectivity index (χ3n) is 2.96. The van der Waals surface area contributed by atoms with Gasteiger partial charge in [0.2, 0.25) is 0 Å². The maximum Gasteiger partial charge on any atom is 0.0319 e. The molecule has 0 heterocycles. The molecule has 0 saturated heterocycles. The molecule has 2 heteroatoms. The highest BCUT2D eigenvalue weighted by Gasteiger charge is 2.20. The molecule has 2 N–H and O–H groups in total. The molecule has 1 atom stereocenters. The van der Waals surface area contributed by atoms with Crippen molar-refractivity contribution in [3.8, 4) is 0 Å². The van der Waals surface area contributed by atoms with E-state index in [0.717, 1.165) is 20.1 Å².